The highest BCUT2D eigenvalue weighted by atomic mass is 16.5. The molecule has 112 valence electrons. The third-order valence-corrected chi connectivity index (χ3v) is 3.43. The van der Waals surface area contributed by atoms with Crippen molar-refractivity contribution in [3.63, 3.8) is 0 Å². The van der Waals surface area contributed by atoms with Crippen molar-refractivity contribution in [3.05, 3.63) is 35.9 Å². The van der Waals surface area contributed by atoms with Crippen LogP contribution in [-0.2, 0) is 9.53 Å². The van der Waals surface area contributed by atoms with Crippen molar-refractivity contribution in [1.82, 2.24) is 4.90 Å². The monoisotopic (exact) mass is 278 g/mol. The molecule has 1 rings (SSSR count). The van der Waals surface area contributed by atoms with Gasteiger partial charge >= 0.3 is 0 Å². The number of hydrogen-bond donors (Lipinski definition) is 1. The highest BCUT2D eigenvalue weighted by Gasteiger charge is 2.28. The molecule has 0 saturated heterocycles. The van der Waals surface area contributed by atoms with Gasteiger partial charge in [-0.3, -0.25) is 4.79 Å². The van der Waals surface area contributed by atoms with Crippen LogP contribution in [0.2, 0.25) is 0 Å². The predicted octanol–water partition coefficient (Wildman–Crippen LogP) is 2.21. The van der Waals surface area contributed by atoms with Crippen molar-refractivity contribution in [2.24, 2.45) is 11.1 Å². The third-order valence-electron chi connectivity index (χ3n) is 3.43. The van der Waals surface area contributed by atoms with Gasteiger partial charge in [0, 0.05) is 20.2 Å². The minimum absolute atomic E-state index is 0.0114. The van der Waals surface area contributed by atoms with Gasteiger partial charge in [-0.15, -0.1) is 0 Å². The average molecular weight is 278 g/mol. The number of rotatable bonds is 7. The maximum absolute atomic E-state index is 12.7. The van der Waals surface area contributed by atoms with Gasteiger partial charge in [0.25, 0.3) is 5.91 Å². The zero-order chi connectivity index (χ0) is 15.2. The molecular weight excluding hydrogens is 252 g/mol. The summed E-state index contributed by atoms with van der Waals surface area (Å²) in [5, 5.41) is 0. The van der Waals surface area contributed by atoms with E-state index >= 15 is 0 Å². The Labute approximate surface area is 121 Å². The van der Waals surface area contributed by atoms with Gasteiger partial charge in [0.2, 0.25) is 0 Å². The molecule has 1 atom stereocenters. The van der Waals surface area contributed by atoms with Crippen molar-refractivity contribution in [1.29, 1.82) is 0 Å². The number of amides is 1. The van der Waals surface area contributed by atoms with Gasteiger partial charge < -0.3 is 15.4 Å². The fourth-order valence-electron chi connectivity index (χ4n) is 2.10. The van der Waals surface area contributed by atoms with E-state index in [1.807, 2.05) is 42.2 Å². The van der Waals surface area contributed by atoms with E-state index in [9.17, 15) is 4.79 Å². The number of ether oxygens (including phenoxy) is 1. The molecule has 1 unspecified atom stereocenters. The Kier molecular flexibility index (Phi) is 6.17. The van der Waals surface area contributed by atoms with Crippen molar-refractivity contribution in [2.75, 3.05) is 26.7 Å². The van der Waals surface area contributed by atoms with E-state index in [2.05, 4.69) is 13.8 Å². The normalized spacial score (nSPS) is 13.1. The second-order valence-electron chi connectivity index (χ2n) is 5.75. The van der Waals surface area contributed by atoms with E-state index in [0.717, 1.165) is 5.56 Å². The van der Waals surface area contributed by atoms with Crippen molar-refractivity contribution >= 4 is 5.91 Å². The summed E-state index contributed by atoms with van der Waals surface area (Å²) in [6.45, 7) is 7.92. The molecule has 0 fully saturated rings. The summed E-state index contributed by atoms with van der Waals surface area (Å²) in [6.07, 6.45) is -0.551. The van der Waals surface area contributed by atoms with Gasteiger partial charge in [0.05, 0.1) is 0 Å². The first kappa shape index (κ1) is 16.7. The largest absolute Gasteiger partial charge is 0.367 e. The molecule has 1 aromatic carbocycles. The molecule has 0 aromatic heterocycles. The Morgan fingerprint density at radius 2 is 1.95 bits per heavy atom. The summed E-state index contributed by atoms with van der Waals surface area (Å²) in [4.78, 5) is 14.5. The summed E-state index contributed by atoms with van der Waals surface area (Å²) in [5.74, 6) is -0.0114. The predicted molar refractivity (Wildman–Crippen MR) is 81.3 cm³/mol. The van der Waals surface area contributed by atoms with Crippen LogP contribution in [0.3, 0.4) is 0 Å². The number of likely N-dealkylation sites (N-methyl/N-ethyl adjacent to an activating group) is 1. The van der Waals surface area contributed by atoms with Gasteiger partial charge in [-0.2, -0.15) is 0 Å². The fraction of sp³-hybridized carbons (Fsp3) is 0.562. The molecule has 2 N–H and O–H groups in total. The van der Waals surface area contributed by atoms with Crippen molar-refractivity contribution in [3.8, 4) is 0 Å². The number of nitrogens with zero attached hydrogens (tertiary/aromatic N) is 1. The number of nitrogens with two attached hydrogens (primary N) is 1. The van der Waals surface area contributed by atoms with Gasteiger partial charge in [-0.05, 0) is 24.4 Å². The van der Waals surface area contributed by atoms with Crippen LogP contribution in [0.25, 0.3) is 0 Å². The summed E-state index contributed by atoms with van der Waals surface area (Å²) in [5.41, 5.74) is 6.54. The van der Waals surface area contributed by atoms with Gasteiger partial charge in [-0.25, -0.2) is 0 Å². The third kappa shape index (κ3) is 4.32. The van der Waals surface area contributed by atoms with Gasteiger partial charge in [0.15, 0.2) is 6.10 Å². The second-order valence-corrected chi connectivity index (χ2v) is 5.75. The molecule has 0 aliphatic rings. The Morgan fingerprint density at radius 1 is 1.35 bits per heavy atom. The van der Waals surface area contributed by atoms with Crippen LogP contribution in [0.15, 0.2) is 30.3 Å². The Bertz CT molecular complexity index is 418. The second kappa shape index (κ2) is 7.41. The van der Waals surface area contributed by atoms with Crippen molar-refractivity contribution < 1.29 is 9.53 Å². The minimum atomic E-state index is -0.551. The molecule has 0 radical (unpaired) electrons. The highest BCUT2D eigenvalue weighted by molar-refractivity contribution is 5.82. The SMILES string of the molecule is CCN(CC(C)(C)CN)C(=O)C(OC)c1ccccc1. The van der Waals surface area contributed by atoms with Crippen LogP contribution in [-0.4, -0.2) is 37.6 Å². The Balaban J connectivity index is 2.89. The summed E-state index contributed by atoms with van der Waals surface area (Å²) in [6, 6.07) is 9.57. The summed E-state index contributed by atoms with van der Waals surface area (Å²) < 4.78 is 5.41. The number of carbonyl (C=O) groups excluding carboxylic acids is 1. The molecule has 0 saturated carbocycles. The van der Waals surface area contributed by atoms with E-state index in [4.69, 9.17) is 10.5 Å². The van der Waals surface area contributed by atoms with Gasteiger partial charge in [-0.1, -0.05) is 44.2 Å². The first-order chi connectivity index (χ1) is 9.45. The number of methoxy groups -OCH3 is 1. The topological polar surface area (TPSA) is 55.6 Å². The average Bonchev–Trinajstić information content (AvgIpc) is 2.46. The summed E-state index contributed by atoms with van der Waals surface area (Å²) >= 11 is 0. The smallest absolute Gasteiger partial charge is 0.256 e. The molecule has 20 heavy (non-hydrogen) atoms. The quantitative estimate of drug-likeness (QED) is 0.832. The van der Waals surface area contributed by atoms with E-state index in [-0.39, 0.29) is 11.3 Å². The molecule has 4 heteroatoms. The molecule has 1 aromatic rings. The molecule has 4 nitrogen and oxygen atoms in total. The molecule has 1 amide bonds. The van der Waals surface area contributed by atoms with E-state index in [1.54, 1.807) is 7.11 Å². The first-order valence-electron chi connectivity index (χ1n) is 7.01. The number of benzene rings is 1. The lowest BCUT2D eigenvalue weighted by Gasteiger charge is -2.33. The van der Waals surface area contributed by atoms with Crippen LogP contribution >= 0.6 is 0 Å². The van der Waals surface area contributed by atoms with Crippen LogP contribution in [0.1, 0.15) is 32.4 Å². The fourth-order valence-corrected chi connectivity index (χ4v) is 2.10. The molecule has 0 bridgehead atoms. The van der Waals surface area contributed by atoms with Crippen LogP contribution in [0.4, 0.5) is 0 Å². The van der Waals surface area contributed by atoms with Crippen LogP contribution in [0.5, 0.6) is 0 Å². The first-order valence-corrected chi connectivity index (χ1v) is 7.01. The highest BCUT2D eigenvalue weighted by Crippen LogP contribution is 2.22. The minimum Gasteiger partial charge on any atom is -0.367 e. The molecular formula is C16H26N2O2. The van der Waals surface area contributed by atoms with E-state index in [1.165, 1.54) is 0 Å². The van der Waals surface area contributed by atoms with E-state index < -0.39 is 6.10 Å². The number of carbonyl (C=O) groups is 1. The molecule has 0 aliphatic carbocycles. The molecule has 0 aliphatic heterocycles. The maximum Gasteiger partial charge on any atom is 0.256 e. The van der Waals surface area contributed by atoms with Crippen LogP contribution < -0.4 is 5.73 Å². The molecule has 0 spiro atoms. The van der Waals surface area contributed by atoms with Gasteiger partial charge in [0.1, 0.15) is 0 Å². The lowest BCUT2D eigenvalue weighted by atomic mass is 9.92. The van der Waals surface area contributed by atoms with Crippen LogP contribution in [0, 0.1) is 5.41 Å². The van der Waals surface area contributed by atoms with E-state index in [0.29, 0.717) is 19.6 Å². The lowest BCUT2D eigenvalue weighted by molar-refractivity contribution is -0.143. The summed E-state index contributed by atoms with van der Waals surface area (Å²) in [7, 11) is 1.57. The zero-order valence-electron chi connectivity index (χ0n) is 12.9. The Hall–Kier alpha value is -1.39. The molecule has 0 heterocycles. The Morgan fingerprint density at radius 3 is 2.40 bits per heavy atom. The maximum atomic E-state index is 12.7. The standard InChI is InChI=1S/C16H26N2O2/c1-5-18(12-16(2,3)11-17)15(19)14(20-4)13-9-7-6-8-10-13/h6-10,14H,5,11-12,17H2,1-4H3. The van der Waals surface area contributed by atoms with Crippen molar-refractivity contribution in [2.45, 2.75) is 26.9 Å². The number of hydrogen-bond acceptors (Lipinski definition) is 3. The lowest BCUT2D eigenvalue weighted by Crippen LogP contribution is -2.44. The zero-order valence-corrected chi connectivity index (χ0v) is 12.9.